The number of fused-ring (bicyclic) bond motifs is 1. The Kier molecular flexibility index (Phi) is 5.84. The summed E-state index contributed by atoms with van der Waals surface area (Å²) < 4.78 is 13.7. The average Bonchev–Trinajstić information content (AvgIpc) is 3.07. The zero-order valence-corrected chi connectivity index (χ0v) is 17.6. The third-order valence-corrected chi connectivity index (χ3v) is 5.15. The molecule has 6 heteroatoms. The summed E-state index contributed by atoms with van der Waals surface area (Å²) in [6.07, 6.45) is 0. The SMILES string of the molecule is CN(C)Cc1ccc(NC(=C2C(=O)Nc3cc(F)ccc32)c2cccc(CN)c2)cc1. The quantitative estimate of drug-likeness (QED) is 0.525. The van der Waals surface area contributed by atoms with Crippen LogP contribution >= 0.6 is 0 Å². The first-order valence-corrected chi connectivity index (χ1v) is 10.1. The lowest BCUT2D eigenvalue weighted by Gasteiger charge is -2.16. The highest BCUT2D eigenvalue weighted by molar-refractivity contribution is 6.37. The molecule has 31 heavy (non-hydrogen) atoms. The van der Waals surface area contributed by atoms with Gasteiger partial charge < -0.3 is 21.3 Å². The number of anilines is 2. The van der Waals surface area contributed by atoms with E-state index in [1.807, 2.05) is 50.5 Å². The molecule has 0 spiro atoms. The van der Waals surface area contributed by atoms with Gasteiger partial charge in [0.25, 0.3) is 5.91 Å². The molecule has 0 atom stereocenters. The number of hydrogen-bond donors (Lipinski definition) is 3. The number of halogens is 1. The number of carbonyl (C=O) groups excluding carboxylic acids is 1. The van der Waals surface area contributed by atoms with Crippen molar-refractivity contribution in [2.24, 2.45) is 5.73 Å². The third kappa shape index (κ3) is 4.50. The molecule has 0 aromatic heterocycles. The fourth-order valence-electron chi connectivity index (χ4n) is 3.73. The fraction of sp³-hybridized carbons (Fsp3) is 0.160. The zero-order chi connectivity index (χ0) is 22.0. The van der Waals surface area contributed by atoms with Crippen LogP contribution in [0.25, 0.3) is 11.3 Å². The van der Waals surface area contributed by atoms with Gasteiger partial charge in [0.2, 0.25) is 0 Å². The highest BCUT2D eigenvalue weighted by Gasteiger charge is 2.28. The summed E-state index contributed by atoms with van der Waals surface area (Å²) in [7, 11) is 4.05. The van der Waals surface area contributed by atoms with Crippen LogP contribution in [0.4, 0.5) is 15.8 Å². The molecule has 1 amide bonds. The second-order valence-electron chi connectivity index (χ2n) is 7.86. The Morgan fingerprint density at radius 3 is 2.52 bits per heavy atom. The van der Waals surface area contributed by atoms with Crippen molar-refractivity contribution >= 4 is 28.6 Å². The minimum atomic E-state index is -0.392. The van der Waals surface area contributed by atoms with Crippen LogP contribution in [0.15, 0.2) is 66.7 Å². The number of benzene rings is 3. The van der Waals surface area contributed by atoms with Crippen LogP contribution in [0.2, 0.25) is 0 Å². The summed E-state index contributed by atoms with van der Waals surface area (Å²) >= 11 is 0. The Hall–Kier alpha value is -3.48. The van der Waals surface area contributed by atoms with Gasteiger partial charge in [0.15, 0.2) is 0 Å². The smallest absolute Gasteiger partial charge is 0.258 e. The number of nitrogens with one attached hydrogen (secondary N) is 2. The van der Waals surface area contributed by atoms with Crippen LogP contribution < -0.4 is 16.4 Å². The molecular weight excluding hydrogens is 391 g/mol. The number of nitrogens with zero attached hydrogens (tertiary/aromatic N) is 1. The number of amides is 1. The van der Waals surface area contributed by atoms with Crippen molar-refractivity contribution in [1.82, 2.24) is 4.90 Å². The second kappa shape index (κ2) is 8.71. The second-order valence-corrected chi connectivity index (χ2v) is 7.86. The fourth-order valence-corrected chi connectivity index (χ4v) is 3.73. The van der Waals surface area contributed by atoms with E-state index in [1.165, 1.54) is 17.7 Å². The minimum Gasteiger partial charge on any atom is -0.354 e. The van der Waals surface area contributed by atoms with Crippen molar-refractivity contribution in [2.45, 2.75) is 13.1 Å². The van der Waals surface area contributed by atoms with E-state index >= 15 is 0 Å². The molecule has 0 bridgehead atoms. The summed E-state index contributed by atoms with van der Waals surface area (Å²) in [5, 5.41) is 6.20. The van der Waals surface area contributed by atoms with E-state index in [1.54, 1.807) is 6.07 Å². The molecule has 0 unspecified atom stereocenters. The molecular formula is C25H25FN4O. The van der Waals surface area contributed by atoms with E-state index in [-0.39, 0.29) is 5.91 Å². The Bertz CT molecular complexity index is 1150. The predicted molar refractivity (Wildman–Crippen MR) is 124 cm³/mol. The van der Waals surface area contributed by atoms with E-state index in [0.717, 1.165) is 23.4 Å². The van der Waals surface area contributed by atoms with Crippen LogP contribution in [0.3, 0.4) is 0 Å². The molecule has 158 valence electrons. The maximum absolute atomic E-state index is 13.7. The molecule has 1 heterocycles. The maximum atomic E-state index is 13.7. The molecule has 4 N–H and O–H groups in total. The van der Waals surface area contributed by atoms with Gasteiger partial charge >= 0.3 is 0 Å². The number of nitrogens with two attached hydrogens (primary N) is 1. The van der Waals surface area contributed by atoms with Crippen molar-refractivity contribution in [3.63, 3.8) is 0 Å². The van der Waals surface area contributed by atoms with Crippen molar-refractivity contribution in [1.29, 1.82) is 0 Å². The topological polar surface area (TPSA) is 70.4 Å². The first kappa shape index (κ1) is 20.8. The van der Waals surface area contributed by atoms with Crippen molar-refractivity contribution < 1.29 is 9.18 Å². The summed E-state index contributed by atoms with van der Waals surface area (Å²) in [4.78, 5) is 15.0. The van der Waals surface area contributed by atoms with Crippen molar-refractivity contribution in [2.75, 3.05) is 24.7 Å². The van der Waals surface area contributed by atoms with Gasteiger partial charge in [-0.2, -0.15) is 0 Å². The van der Waals surface area contributed by atoms with Gasteiger partial charge in [0, 0.05) is 24.3 Å². The highest BCUT2D eigenvalue weighted by Crippen LogP contribution is 2.38. The van der Waals surface area contributed by atoms with E-state index in [4.69, 9.17) is 5.73 Å². The first-order chi connectivity index (χ1) is 14.9. The molecule has 0 saturated carbocycles. The van der Waals surface area contributed by atoms with Crippen molar-refractivity contribution in [3.05, 3.63) is 94.8 Å². The van der Waals surface area contributed by atoms with E-state index in [0.29, 0.717) is 29.1 Å². The Balaban J connectivity index is 1.81. The van der Waals surface area contributed by atoms with Crippen LogP contribution in [0.5, 0.6) is 0 Å². The van der Waals surface area contributed by atoms with E-state index < -0.39 is 5.82 Å². The van der Waals surface area contributed by atoms with E-state index in [9.17, 15) is 9.18 Å². The molecule has 1 aliphatic heterocycles. The van der Waals surface area contributed by atoms with Crippen LogP contribution in [-0.4, -0.2) is 24.9 Å². The predicted octanol–water partition coefficient (Wildman–Crippen LogP) is 4.28. The van der Waals surface area contributed by atoms with E-state index in [2.05, 4.69) is 27.7 Å². The maximum Gasteiger partial charge on any atom is 0.258 e. The molecule has 1 aliphatic rings. The summed E-state index contributed by atoms with van der Waals surface area (Å²) in [6.45, 7) is 1.23. The Morgan fingerprint density at radius 1 is 1.03 bits per heavy atom. The largest absolute Gasteiger partial charge is 0.354 e. The third-order valence-electron chi connectivity index (χ3n) is 5.15. The van der Waals surface area contributed by atoms with Gasteiger partial charge in [-0.1, -0.05) is 30.3 Å². The molecule has 0 radical (unpaired) electrons. The van der Waals surface area contributed by atoms with Gasteiger partial charge in [-0.05, 0) is 67.2 Å². The first-order valence-electron chi connectivity index (χ1n) is 10.1. The number of hydrogen-bond acceptors (Lipinski definition) is 4. The molecule has 0 fully saturated rings. The lowest BCUT2D eigenvalue weighted by Crippen LogP contribution is -2.11. The molecule has 3 aromatic rings. The van der Waals surface area contributed by atoms with Gasteiger partial charge in [-0.3, -0.25) is 4.79 Å². The van der Waals surface area contributed by atoms with Gasteiger partial charge in [-0.25, -0.2) is 4.39 Å². The summed E-state index contributed by atoms with van der Waals surface area (Å²) in [5.41, 5.74) is 11.9. The van der Waals surface area contributed by atoms with Gasteiger partial charge in [-0.15, -0.1) is 0 Å². The van der Waals surface area contributed by atoms with Crippen LogP contribution in [0, 0.1) is 5.82 Å². The summed E-state index contributed by atoms with van der Waals surface area (Å²) in [6, 6.07) is 20.2. The molecule has 5 nitrogen and oxygen atoms in total. The lowest BCUT2D eigenvalue weighted by atomic mass is 9.98. The molecule has 4 rings (SSSR count). The lowest BCUT2D eigenvalue weighted by molar-refractivity contribution is -0.110. The average molecular weight is 417 g/mol. The van der Waals surface area contributed by atoms with Gasteiger partial charge in [0.05, 0.1) is 17.0 Å². The standard InChI is InChI=1S/C25H25FN4O/c1-30(2)15-16-6-9-20(10-7-16)28-24(18-5-3-4-17(12-18)14-27)23-21-11-8-19(26)13-22(21)29-25(23)31/h3-13,28H,14-15,27H2,1-2H3,(H,29,31). The van der Waals surface area contributed by atoms with Crippen LogP contribution in [0.1, 0.15) is 22.3 Å². The molecule has 0 saturated heterocycles. The highest BCUT2D eigenvalue weighted by atomic mass is 19.1. The van der Waals surface area contributed by atoms with Gasteiger partial charge in [0.1, 0.15) is 5.82 Å². The van der Waals surface area contributed by atoms with Crippen LogP contribution in [-0.2, 0) is 17.9 Å². The minimum absolute atomic E-state index is 0.273. The molecule has 0 aliphatic carbocycles. The summed E-state index contributed by atoms with van der Waals surface area (Å²) in [5.74, 6) is -0.665. The number of carbonyl (C=O) groups is 1. The molecule has 3 aromatic carbocycles. The normalized spacial score (nSPS) is 14.4. The Labute approximate surface area is 181 Å². The Morgan fingerprint density at radius 2 is 1.81 bits per heavy atom. The van der Waals surface area contributed by atoms with Crippen molar-refractivity contribution in [3.8, 4) is 0 Å². The zero-order valence-electron chi connectivity index (χ0n) is 17.6. The number of rotatable bonds is 6. The monoisotopic (exact) mass is 416 g/mol.